The summed E-state index contributed by atoms with van der Waals surface area (Å²) in [5.41, 5.74) is 0. The molecule has 0 aliphatic heterocycles. The second-order valence-electron chi connectivity index (χ2n) is 4.38. The van der Waals surface area contributed by atoms with E-state index in [1.807, 2.05) is 0 Å². The molecule has 1 aromatic rings. The van der Waals surface area contributed by atoms with Crippen LogP contribution in [0.2, 0.25) is 0 Å². The number of pyridine rings is 1. The van der Waals surface area contributed by atoms with Crippen molar-refractivity contribution in [3.05, 3.63) is 18.2 Å². The smallest absolute Gasteiger partial charge is 0.370 e. The molecule has 1 unspecified atom stereocenters. The molecule has 114 valence electrons. The lowest BCUT2D eigenvalue weighted by molar-refractivity contribution is -0.143. The van der Waals surface area contributed by atoms with Gasteiger partial charge in [0.25, 0.3) is 10.0 Å². The van der Waals surface area contributed by atoms with E-state index in [1.165, 1.54) is 18.2 Å². The molecule has 0 saturated carbocycles. The third-order valence-electron chi connectivity index (χ3n) is 2.68. The molecule has 1 atom stereocenters. The van der Waals surface area contributed by atoms with Gasteiger partial charge in [0, 0.05) is 13.0 Å². The fourth-order valence-corrected chi connectivity index (χ4v) is 2.10. The zero-order chi connectivity index (χ0) is 15.4. The lowest BCUT2D eigenvalue weighted by atomic mass is 10.0. The van der Waals surface area contributed by atoms with Gasteiger partial charge in [-0.3, -0.25) is 0 Å². The SMILES string of the molecule is CCC(CNc1cccc(S(N)(=O)=O)n1)CC(F)(F)F. The second kappa shape index (κ2) is 6.40. The Bertz CT molecular complexity index is 546. The number of rotatable bonds is 6. The molecule has 5 nitrogen and oxygen atoms in total. The van der Waals surface area contributed by atoms with E-state index < -0.39 is 28.5 Å². The lowest BCUT2D eigenvalue weighted by Crippen LogP contribution is -2.22. The predicted octanol–water partition coefficient (Wildman–Crippen LogP) is 2.12. The standard InChI is InChI=1S/C11H16F3N3O2S/c1-2-8(6-11(12,13)14)7-16-9-4-3-5-10(17-9)20(15,18)19/h3-5,8H,2,6-7H2,1H3,(H,16,17)(H2,15,18,19). The summed E-state index contributed by atoms with van der Waals surface area (Å²) in [5, 5.41) is 7.30. The molecule has 0 fully saturated rings. The maximum atomic E-state index is 12.3. The number of alkyl halides is 3. The molecule has 0 aliphatic rings. The maximum Gasteiger partial charge on any atom is 0.389 e. The van der Waals surface area contributed by atoms with Crippen LogP contribution in [0.1, 0.15) is 19.8 Å². The molecular formula is C11H16F3N3O2S. The first kappa shape index (κ1) is 16.7. The minimum Gasteiger partial charge on any atom is -0.370 e. The summed E-state index contributed by atoms with van der Waals surface area (Å²) in [4.78, 5) is 3.74. The molecule has 1 heterocycles. The predicted molar refractivity (Wildman–Crippen MR) is 68.6 cm³/mol. The highest BCUT2D eigenvalue weighted by molar-refractivity contribution is 7.89. The van der Waals surface area contributed by atoms with Gasteiger partial charge in [-0.25, -0.2) is 18.5 Å². The van der Waals surface area contributed by atoms with Crippen LogP contribution in [0.3, 0.4) is 0 Å². The van der Waals surface area contributed by atoms with Crippen molar-refractivity contribution in [2.75, 3.05) is 11.9 Å². The average molecular weight is 311 g/mol. The maximum absolute atomic E-state index is 12.3. The summed E-state index contributed by atoms with van der Waals surface area (Å²) in [6.07, 6.45) is -4.77. The highest BCUT2D eigenvalue weighted by Gasteiger charge is 2.30. The van der Waals surface area contributed by atoms with Gasteiger partial charge in [-0.05, 0) is 18.1 Å². The molecule has 0 amide bonds. The molecule has 0 spiro atoms. The summed E-state index contributed by atoms with van der Waals surface area (Å²) >= 11 is 0. The van der Waals surface area contributed by atoms with E-state index in [-0.39, 0.29) is 17.4 Å². The van der Waals surface area contributed by atoms with Gasteiger partial charge < -0.3 is 5.32 Å². The second-order valence-corrected chi connectivity index (χ2v) is 5.89. The first-order chi connectivity index (χ1) is 9.12. The van der Waals surface area contributed by atoms with Crippen LogP contribution in [0.25, 0.3) is 0 Å². The van der Waals surface area contributed by atoms with Gasteiger partial charge in [0.2, 0.25) is 0 Å². The van der Waals surface area contributed by atoms with Crippen LogP contribution < -0.4 is 10.5 Å². The summed E-state index contributed by atoms with van der Waals surface area (Å²) in [6, 6.07) is 4.10. The third kappa shape index (κ3) is 5.74. The fourth-order valence-electron chi connectivity index (χ4n) is 1.61. The van der Waals surface area contributed by atoms with E-state index in [9.17, 15) is 21.6 Å². The molecule has 0 saturated heterocycles. The molecule has 1 aromatic heterocycles. The molecule has 0 radical (unpaired) electrons. The van der Waals surface area contributed by atoms with Crippen molar-refractivity contribution in [1.29, 1.82) is 0 Å². The average Bonchev–Trinajstić information content (AvgIpc) is 2.32. The zero-order valence-corrected chi connectivity index (χ0v) is 11.6. The Morgan fingerprint density at radius 2 is 2.05 bits per heavy atom. The van der Waals surface area contributed by atoms with Gasteiger partial charge in [0.05, 0.1) is 0 Å². The van der Waals surface area contributed by atoms with E-state index >= 15 is 0 Å². The first-order valence-corrected chi connectivity index (χ1v) is 7.47. The highest BCUT2D eigenvalue weighted by Crippen LogP contribution is 2.26. The van der Waals surface area contributed by atoms with E-state index in [0.29, 0.717) is 6.42 Å². The fraction of sp³-hybridized carbons (Fsp3) is 0.545. The number of hydrogen-bond donors (Lipinski definition) is 2. The zero-order valence-electron chi connectivity index (χ0n) is 10.8. The normalized spacial score (nSPS) is 14.1. The quantitative estimate of drug-likeness (QED) is 0.842. The lowest BCUT2D eigenvalue weighted by Gasteiger charge is -2.17. The number of nitrogens with two attached hydrogens (primary N) is 1. The molecule has 0 bridgehead atoms. The van der Waals surface area contributed by atoms with Gasteiger partial charge in [0.15, 0.2) is 5.03 Å². The van der Waals surface area contributed by atoms with Crippen LogP contribution in [0.5, 0.6) is 0 Å². The van der Waals surface area contributed by atoms with Gasteiger partial charge in [0.1, 0.15) is 5.82 Å². The Kier molecular flexibility index (Phi) is 5.35. The van der Waals surface area contributed by atoms with E-state index in [2.05, 4.69) is 10.3 Å². The van der Waals surface area contributed by atoms with Crippen LogP contribution in [-0.4, -0.2) is 26.1 Å². The number of primary sulfonamides is 1. The van der Waals surface area contributed by atoms with Crippen LogP contribution in [0.15, 0.2) is 23.2 Å². The van der Waals surface area contributed by atoms with Gasteiger partial charge in [-0.2, -0.15) is 13.2 Å². The molecule has 3 N–H and O–H groups in total. The number of halogens is 3. The van der Waals surface area contributed by atoms with Crippen molar-refractivity contribution in [3.63, 3.8) is 0 Å². The minimum absolute atomic E-state index is 0.0527. The number of aromatic nitrogens is 1. The molecule has 20 heavy (non-hydrogen) atoms. The van der Waals surface area contributed by atoms with Crippen LogP contribution >= 0.6 is 0 Å². The van der Waals surface area contributed by atoms with Crippen molar-refractivity contribution in [2.24, 2.45) is 11.1 Å². The third-order valence-corrected chi connectivity index (χ3v) is 3.49. The highest BCUT2D eigenvalue weighted by atomic mass is 32.2. The Morgan fingerprint density at radius 3 is 2.55 bits per heavy atom. The molecule has 0 aromatic carbocycles. The molecule has 9 heteroatoms. The van der Waals surface area contributed by atoms with Crippen molar-refractivity contribution >= 4 is 15.8 Å². The van der Waals surface area contributed by atoms with Crippen molar-refractivity contribution in [1.82, 2.24) is 4.98 Å². The summed E-state index contributed by atoms with van der Waals surface area (Å²) in [5.74, 6) is -0.424. The largest absolute Gasteiger partial charge is 0.389 e. The number of sulfonamides is 1. The summed E-state index contributed by atoms with van der Waals surface area (Å²) in [6.45, 7) is 1.71. The van der Waals surface area contributed by atoms with Crippen LogP contribution in [0.4, 0.5) is 19.0 Å². The number of nitrogens with one attached hydrogen (secondary N) is 1. The summed E-state index contributed by atoms with van der Waals surface area (Å²) < 4.78 is 59.1. The van der Waals surface area contributed by atoms with Crippen LogP contribution in [0, 0.1) is 5.92 Å². The van der Waals surface area contributed by atoms with Gasteiger partial charge >= 0.3 is 6.18 Å². The van der Waals surface area contributed by atoms with Crippen molar-refractivity contribution in [3.8, 4) is 0 Å². The minimum atomic E-state index is -4.22. The van der Waals surface area contributed by atoms with Crippen LogP contribution in [-0.2, 0) is 10.0 Å². The van der Waals surface area contributed by atoms with E-state index in [4.69, 9.17) is 5.14 Å². The first-order valence-electron chi connectivity index (χ1n) is 5.92. The molecule has 1 rings (SSSR count). The number of anilines is 1. The van der Waals surface area contributed by atoms with E-state index in [0.717, 1.165) is 0 Å². The van der Waals surface area contributed by atoms with Crippen molar-refractivity contribution < 1.29 is 21.6 Å². The Labute approximate surface area is 115 Å². The number of nitrogens with zero attached hydrogens (tertiary/aromatic N) is 1. The van der Waals surface area contributed by atoms with Gasteiger partial charge in [-0.15, -0.1) is 0 Å². The monoisotopic (exact) mass is 311 g/mol. The van der Waals surface area contributed by atoms with Gasteiger partial charge in [-0.1, -0.05) is 19.4 Å². The van der Waals surface area contributed by atoms with Crippen molar-refractivity contribution in [2.45, 2.75) is 31.0 Å². The molecular weight excluding hydrogens is 295 g/mol. The molecule has 0 aliphatic carbocycles. The Balaban J connectivity index is 2.70. The summed E-state index contributed by atoms with van der Waals surface area (Å²) in [7, 11) is -3.93. The Hall–Kier alpha value is -1.35. The Morgan fingerprint density at radius 1 is 1.40 bits per heavy atom. The van der Waals surface area contributed by atoms with E-state index in [1.54, 1.807) is 6.92 Å². The number of hydrogen-bond acceptors (Lipinski definition) is 4. The topological polar surface area (TPSA) is 85.1 Å².